The third-order valence-electron chi connectivity index (χ3n) is 3.73. The van der Waals surface area contributed by atoms with E-state index in [-0.39, 0.29) is 11.9 Å². The van der Waals surface area contributed by atoms with E-state index in [9.17, 15) is 4.79 Å². The largest absolute Gasteiger partial charge is 0.459 e. The summed E-state index contributed by atoms with van der Waals surface area (Å²) in [5.41, 5.74) is 0.399. The fraction of sp³-hybridized carbons (Fsp3) is 0.312. The molecule has 1 amide bonds. The van der Waals surface area contributed by atoms with Gasteiger partial charge in [-0.15, -0.1) is 0 Å². The Morgan fingerprint density at radius 3 is 2.82 bits per heavy atom. The van der Waals surface area contributed by atoms with E-state index >= 15 is 0 Å². The molecule has 2 aromatic heterocycles. The van der Waals surface area contributed by atoms with Gasteiger partial charge in [-0.25, -0.2) is 4.98 Å². The van der Waals surface area contributed by atoms with E-state index in [0.717, 1.165) is 12.8 Å². The maximum absolute atomic E-state index is 12.2. The first-order valence-electron chi connectivity index (χ1n) is 7.23. The summed E-state index contributed by atoms with van der Waals surface area (Å²) in [5, 5.41) is 12.2. The average molecular weight is 296 g/mol. The molecule has 0 radical (unpaired) electrons. The van der Waals surface area contributed by atoms with Crippen LogP contribution in [-0.4, -0.2) is 34.9 Å². The molecule has 3 rings (SSSR count). The predicted octanol–water partition coefficient (Wildman–Crippen LogP) is 2.26. The predicted molar refractivity (Wildman–Crippen MR) is 80.2 cm³/mol. The van der Waals surface area contributed by atoms with E-state index in [4.69, 9.17) is 9.68 Å². The zero-order valence-corrected chi connectivity index (χ0v) is 12.0. The van der Waals surface area contributed by atoms with Crippen molar-refractivity contribution in [1.29, 1.82) is 5.26 Å². The van der Waals surface area contributed by atoms with Crippen LogP contribution >= 0.6 is 0 Å². The number of anilines is 1. The second kappa shape index (κ2) is 6.31. The van der Waals surface area contributed by atoms with Crippen molar-refractivity contribution in [3.8, 4) is 6.07 Å². The normalized spacial score (nSPS) is 15.3. The molecule has 22 heavy (non-hydrogen) atoms. The monoisotopic (exact) mass is 296 g/mol. The Morgan fingerprint density at radius 2 is 2.14 bits per heavy atom. The lowest BCUT2D eigenvalue weighted by Gasteiger charge is -2.32. The molecule has 1 N–H and O–H groups in total. The van der Waals surface area contributed by atoms with Crippen LogP contribution < -0.4 is 5.32 Å². The Morgan fingerprint density at radius 1 is 1.32 bits per heavy atom. The third-order valence-corrected chi connectivity index (χ3v) is 3.73. The van der Waals surface area contributed by atoms with Gasteiger partial charge in [-0.3, -0.25) is 4.79 Å². The molecule has 1 aliphatic rings. The van der Waals surface area contributed by atoms with E-state index in [0.29, 0.717) is 30.4 Å². The molecular weight excluding hydrogens is 280 g/mol. The molecule has 1 saturated heterocycles. The van der Waals surface area contributed by atoms with Gasteiger partial charge in [0, 0.05) is 19.1 Å². The number of hydrogen-bond donors (Lipinski definition) is 1. The van der Waals surface area contributed by atoms with E-state index < -0.39 is 0 Å². The SMILES string of the molecule is N#Cc1cccc(NC2CCN(C(=O)c3ccco3)CC2)n1. The minimum absolute atomic E-state index is 0.0620. The molecule has 0 spiro atoms. The van der Waals surface area contributed by atoms with Gasteiger partial charge in [0.05, 0.1) is 6.26 Å². The first kappa shape index (κ1) is 14.1. The number of nitriles is 1. The number of carbonyl (C=O) groups excluding carboxylic acids is 1. The smallest absolute Gasteiger partial charge is 0.289 e. The van der Waals surface area contributed by atoms with Crippen LogP contribution in [0.1, 0.15) is 29.1 Å². The second-order valence-electron chi connectivity index (χ2n) is 5.21. The number of likely N-dealkylation sites (tertiary alicyclic amines) is 1. The van der Waals surface area contributed by atoms with Crippen molar-refractivity contribution in [2.24, 2.45) is 0 Å². The summed E-state index contributed by atoms with van der Waals surface area (Å²) >= 11 is 0. The number of pyridine rings is 1. The van der Waals surface area contributed by atoms with Crippen molar-refractivity contribution in [3.63, 3.8) is 0 Å². The first-order valence-corrected chi connectivity index (χ1v) is 7.23. The molecule has 0 unspecified atom stereocenters. The standard InChI is InChI=1S/C16H16N4O2/c17-11-13-3-1-5-15(19-13)18-12-6-8-20(9-7-12)16(21)14-4-2-10-22-14/h1-5,10,12H,6-9H2,(H,18,19). The van der Waals surface area contributed by atoms with Crippen LogP contribution in [0.25, 0.3) is 0 Å². The van der Waals surface area contributed by atoms with Crippen molar-refractivity contribution in [1.82, 2.24) is 9.88 Å². The lowest BCUT2D eigenvalue weighted by molar-refractivity contribution is 0.0686. The summed E-state index contributed by atoms with van der Waals surface area (Å²) in [6, 6.07) is 11.0. The Labute approximate surface area is 128 Å². The molecule has 0 saturated carbocycles. The quantitative estimate of drug-likeness (QED) is 0.939. The molecule has 6 heteroatoms. The molecule has 1 fully saturated rings. The number of aromatic nitrogens is 1. The van der Waals surface area contributed by atoms with Crippen LogP contribution in [0.15, 0.2) is 41.0 Å². The van der Waals surface area contributed by atoms with E-state index in [2.05, 4.69) is 10.3 Å². The topological polar surface area (TPSA) is 82.2 Å². The number of piperidine rings is 1. The van der Waals surface area contributed by atoms with Crippen molar-refractivity contribution in [3.05, 3.63) is 48.0 Å². The zero-order chi connectivity index (χ0) is 15.4. The molecule has 0 aliphatic carbocycles. The first-order chi connectivity index (χ1) is 10.8. The molecule has 3 heterocycles. The van der Waals surface area contributed by atoms with Gasteiger partial charge in [-0.05, 0) is 37.1 Å². The van der Waals surface area contributed by atoms with Gasteiger partial charge in [0.15, 0.2) is 5.76 Å². The van der Waals surface area contributed by atoms with Crippen LogP contribution in [0.4, 0.5) is 5.82 Å². The minimum atomic E-state index is -0.0620. The number of carbonyl (C=O) groups is 1. The zero-order valence-electron chi connectivity index (χ0n) is 12.0. The Hall–Kier alpha value is -2.81. The summed E-state index contributed by atoms with van der Waals surface area (Å²) in [6.07, 6.45) is 3.19. The highest BCUT2D eigenvalue weighted by molar-refractivity contribution is 5.91. The van der Waals surface area contributed by atoms with Crippen LogP contribution in [-0.2, 0) is 0 Å². The molecule has 6 nitrogen and oxygen atoms in total. The van der Waals surface area contributed by atoms with Crippen molar-refractivity contribution < 1.29 is 9.21 Å². The summed E-state index contributed by atoms with van der Waals surface area (Å²) in [4.78, 5) is 18.2. The van der Waals surface area contributed by atoms with Gasteiger partial charge in [0.25, 0.3) is 5.91 Å². The number of furan rings is 1. The van der Waals surface area contributed by atoms with Crippen molar-refractivity contribution >= 4 is 11.7 Å². The molecule has 1 aliphatic heterocycles. The van der Waals surface area contributed by atoms with Gasteiger partial charge >= 0.3 is 0 Å². The van der Waals surface area contributed by atoms with Gasteiger partial charge in [0.1, 0.15) is 17.6 Å². The highest BCUT2D eigenvalue weighted by Crippen LogP contribution is 2.17. The van der Waals surface area contributed by atoms with Gasteiger partial charge in [-0.1, -0.05) is 6.07 Å². The summed E-state index contributed by atoms with van der Waals surface area (Å²) in [6.45, 7) is 1.35. The Balaban J connectivity index is 1.55. The van der Waals surface area contributed by atoms with Crippen molar-refractivity contribution in [2.75, 3.05) is 18.4 Å². The third kappa shape index (κ3) is 3.09. The number of rotatable bonds is 3. The lowest BCUT2D eigenvalue weighted by Crippen LogP contribution is -2.42. The van der Waals surface area contributed by atoms with Crippen molar-refractivity contribution in [2.45, 2.75) is 18.9 Å². The molecule has 0 atom stereocenters. The molecule has 112 valence electrons. The highest BCUT2D eigenvalue weighted by atomic mass is 16.3. The fourth-order valence-corrected chi connectivity index (χ4v) is 2.57. The summed E-state index contributed by atoms with van der Waals surface area (Å²) in [7, 11) is 0. The van der Waals surface area contributed by atoms with E-state index in [1.807, 2.05) is 18.2 Å². The Kier molecular flexibility index (Phi) is 4.05. The number of nitrogens with one attached hydrogen (secondary N) is 1. The summed E-state index contributed by atoms with van der Waals surface area (Å²) < 4.78 is 5.15. The fourth-order valence-electron chi connectivity index (χ4n) is 2.57. The van der Waals surface area contributed by atoms with Gasteiger partial charge < -0.3 is 14.6 Å². The molecular formula is C16H16N4O2. The van der Waals surface area contributed by atoms with Crippen LogP contribution in [0, 0.1) is 11.3 Å². The average Bonchev–Trinajstić information content (AvgIpc) is 3.09. The van der Waals surface area contributed by atoms with Crippen LogP contribution in [0.2, 0.25) is 0 Å². The number of amides is 1. The lowest BCUT2D eigenvalue weighted by atomic mass is 10.0. The minimum Gasteiger partial charge on any atom is -0.459 e. The van der Waals surface area contributed by atoms with Crippen LogP contribution in [0.5, 0.6) is 0 Å². The van der Waals surface area contributed by atoms with Gasteiger partial charge in [-0.2, -0.15) is 5.26 Å². The molecule has 0 aromatic carbocycles. The maximum atomic E-state index is 12.2. The number of hydrogen-bond acceptors (Lipinski definition) is 5. The summed E-state index contributed by atoms with van der Waals surface area (Å²) in [5.74, 6) is 1.03. The number of nitrogens with zero attached hydrogens (tertiary/aromatic N) is 3. The van der Waals surface area contributed by atoms with Crippen LogP contribution in [0.3, 0.4) is 0 Å². The Bertz CT molecular complexity index is 682. The van der Waals surface area contributed by atoms with Gasteiger partial charge in [0.2, 0.25) is 0 Å². The van der Waals surface area contributed by atoms with E-state index in [1.165, 1.54) is 6.26 Å². The van der Waals surface area contributed by atoms with E-state index in [1.54, 1.807) is 23.1 Å². The highest BCUT2D eigenvalue weighted by Gasteiger charge is 2.25. The molecule has 2 aromatic rings. The molecule has 0 bridgehead atoms. The second-order valence-corrected chi connectivity index (χ2v) is 5.21. The maximum Gasteiger partial charge on any atom is 0.289 e.